The van der Waals surface area contributed by atoms with Crippen molar-refractivity contribution < 1.29 is 0 Å². The van der Waals surface area contributed by atoms with Gasteiger partial charge in [-0.1, -0.05) is 61.9 Å². The van der Waals surface area contributed by atoms with Gasteiger partial charge >= 0.3 is 0 Å². The number of anilines is 1. The molecule has 1 heteroatoms. The Hall–Kier alpha value is -2.02. The Morgan fingerprint density at radius 2 is 1.43 bits per heavy atom. The molecule has 2 aromatic rings. The minimum atomic E-state index is 1.10. The zero-order valence-electron chi connectivity index (χ0n) is 12.6. The number of rotatable bonds is 3. The molecule has 2 aromatic carbocycles. The molecule has 0 amide bonds. The van der Waals surface area contributed by atoms with E-state index in [9.17, 15) is 0 Å². The van der Waals surface area contributed by atoms with Gasteiger partial charge in [0.05, 0.1) is 0 Å². The molecule has 0 N–H and O–H groups in total. The van der Waals surface area contributed by atoms with Crippen molar-refractivity contribution in [3.05, 3.63) is 72.3 Å². The average Bonchev–Trinajstić information content (AvgIpc) is 2.84. The van der Waals surface area contributed by atoms with Crippen molar-refractivity contribution in [2.45, 2.75) is 25.7 Å². The van der Waals surface area contributed by atoms with Gasteiger partial charge in [-0.05, 0) is 41.7 Å². The lowest BCUT2D eigenvalue weighted by Crippen LogP contribution is -2.23. The summed E-state index contributed by atoms with van der Waals surface area (Å²) in [6, 6.07) is 19.3. The fourth-order valence-electron chi connectivity index (χ4n) is 3.03. The van der Waals surface area contributed by atoms with Gasteiger partial charge in [-0.15, -0.1) is 0 Å². The van der Waals surface area contributed by atoms with Crippen LogP contribution in [0.1, 0.15) is 36.8 Å². The molecule has 0 spiro atoms. The molecular weight excluding hydrogens is 254 g/mol. The van der Waals surface area contributed by atoms with Gasteiger partial charge in [-0.25, -0.2) is 0 Å². The molecule has 0 radical (unpaired) electrons. The van der Waals surface area contributed by atoms with Gasteiger partial charge in [0, 0.05) is 18.8 Å². The van der Waals surface area contributed by atoms with Crippen LogP contribution in [0.25, 0.3) is 5.57 Å². The van der Waals surface area contributed by atoms with Crippen molar-refractivity contribution >= 4 is 11.3 Å². The maximum Gasteiger partial charge on any atom is 0.0372 e. The second-order valence-corrected chi connectivity index (χ2v) is 5.80. The molecule has 1 aliphatic heterocycles. The van der Waals surface area contributed by atoms with Crippen LogP contribution in [0.2, 0.25) is 0 Å². The van der Waals surface area contributed by atoms with Crippen LogP contribution < -0.4 is 4.90 Å². The predicted molar refractivity (Wildman–Crippen MR) is 91.7 cm³/mol. The highest BCUT2D eigenvalue weighted by Crippen LogP contribution is 2.26. The van der Waals surface area contributed by atoms with E-state index < -0.39 is 0 Å². The van der Waals surface area contributed by atoms with Crippen LogP contribution in [0.4, 0.5) is 5.69 Å². The summed E-state index contributed by atoms with van der Waals surface area (Å²) in [5, 5.41) is 0. The van der Waals surface area contributed by atoms with Crippen molar-refractivity contribution in [3.8, 4) is 0 Å². The minimum Gasteiger partial charge on any atom is -0.372 e. The largest absolute Gasteiger partial charge is 0.372 e. The smallest absolute Gasteiger partial charge is 0.0372 e. The van der Waals surface area contributed by atoms with Crippen LogP contribution in [0.15, 0.2) is 61.2 Å². The van der Waals surface area contributed by atoms with E-state index in [0.717, 1.165) is 5.57 Å². The fraction of sp³-hybridized carbons (Fsp3) is 0.300. The molecule has 1 aliphatic rings. The predicted octanol–water partition coefficient (Wildman–Crippen LogP) is 5.13. The van der Waals surface area contributed by atoms with Crippen molar-refractivity contribution in [3.63, 3.8) is 0 Å². The Balaban J connectivity index is 1.84. The van der Waals surface area contributed by atoms with Crippen LogP contribution in [0, 0.1) is 0 Å². The normalized spacial score (nSPS) is 15.5. The van der Waals surface area contributed by atoms with E-state index in [2.05, 4.69) is 60.0 Å². The molecule has 3 rings (SSSR count). The molecule has 108 valence electrons. The van der Waals surface area contributed by atoms with Gasteiger partial charge < -0.3 is 4.90 Å². The monoisotopic (exact) mass is 277 g/mol. The van der Waals surface area contributed by atoms with Gasteiger partial charge in [0.25, 0.3) is 0 Å². The highest BCUT2D eigenvalue weighted by molar-refractivity contribution is 5.79. The summed E-state index contributed by atoms with van der Waals surface area (Å²) in [6.07, 6.45) is 5.35. The Morgan fingerprint density at radius 3 is 2.14 bits per heavy atom. The Morgan fingerprint density at radius 1 is 0.762 bits per heavy atom. The van der Waals surface area contributed by atoms with Gasteiger partial charge in [0.1, 0.15) is 0 Å². The van der Waals surface area contributed by atoms with Gasteiger partial charge in [-0.2, -0.15) is 0 Å². The topological polar surface area (TPSA) is 3.24 Å². The molecule has 21 heavy (non-hydrogen) atoms. The van der Waals surface area contributed by atoms with E-state index in [1.165, 1.54) is 55.6 Å². The van der Waals surface area contributed by atoms with E-state index in [0.29, 0.717) is 0 Å². The first kappa shape index (κ1) is 13.9. The lowest BCUT2D eigenvalue weighted by atomic mass is 9.99. The molecule has 1 heterocycles. The average molecular weight is 277 g/mol. The first-order valence-corrected chi connectivity index (χ1v) is 7.94. The Kier molecular flexibility index (Phi) is 4.40. The van der Waals surface area contributed by atoms with Crippen LogP contribution in [-0.2, 0) is 0 Å². The van der Waals surface area contributed by atoms with Crippen molar-refractivity contribution in [1.82, 2.24) is 0 Å². The number of benzene rings is 2. The van der Waals surface area contributed by atoms with E-state index >= 15 is 0 Å². The lowest BCUT2D eigenvalue weighted by molar-refractivity contribution is 0.726. The minimum absolute atomic E-state index is 1.10. The highest BCUT2D eigenvalue weighted by Gasteiger charge is 2.11. The zero-order valence-corrected chi connectivity index (χ0v) is 12.6. The summed E-state index contributed by atoms with van der Waals surface area (Å²) in [4.78, 5) is 2.52. The molecule has 0 unspecified atom stereocenters. The summed E-state index contributed by atoms with van der Waals surface area (Å²) in [5.74, 6) is 0. The molecule has 1 fully saturated rings. The van der Waals surface area contributed by atoms with Gasteiger partial charge in [-0.3, -0.25) is 0 Å². The van der Waals surface area contributed by atoms with Crippen LogP contribution in [0.5, 0.6) is 0 Å². The van der Waals surface area contributed by atoms with Crippen LogP contribution in [-0.4, -0.2) is 13.1 Å². The molecule has 1 saturated heterocycles. The van der Waals surface area contributed by atoms with E-state index in [-0.39, 0.29) is 0 Å². The summed E-state index contributed by atoms with van der Waals surface area (Å²) in [5.41, 5.74) is 4.87. The molecule has 0 aromatic heterocycles. The maximum atomic E-state index is 4.28. The molecule has 0 atom stereocenters. The summed E-state index contributed by atoms with van der Waals surface area (Å²) < 4.78 is 0. The summed E-state index contributed by atoms with van der Waals surface area (Å²) >= 11 is 0. The Labute approximate surface area is 127 Å². The quantitative estimate of drug-likeness (QED) is 0.752. The van der Waals surface area contributed by atoms with E-state index in [1.54, 1.807) is 0 Å². The molecule has 0 saturated carbocycles. The maximum absolute atomic E-state index is 4.28. The highest BCUT2D eigenvalue weighted by atomic mass is 15.1. The first-order valence-electron chi connectivity index (χ1n) is 7.94. The molecule has 1 nitrogen and oxygen atoms in total. The van der Waals surface area contributed by atoms with E-state index in [4.69, 9.17) is 0 Å². The SMILES string of the molecule is C=C(c1ccccc1)c1cccc(N2CCCCCC2)c1. The standard InChI is InChI=1S/C20H23N/c1-17(18-10-5-4-6-11-18)19-12-9-13-20(16-19)21-14-7-2-3-8-15-21/h4-6,9-13,16H,1-3,7-8,14-15H2. The van der Waals surface area contributed by atoms with Crippen molar-refractivity contribution in [2.75, 3.05) is 18.0 Å². The summed E-state index contributed by atoms with van der Waals surface area (Å²) in [6.45, 7) is 6.65. The third-order valence-electron chi connectivity index (χ3n) is 4.29. The molecular formula is C20H23N. The van der Waals surface area contributed by atoms with Crippen molar-refractivity contribution in [2.24, 2.45) is 0 Å². The first-order chi connectivity index (χ1) is 10.3. The lowest BCUT2D eigenvalue weighted by Gasteiger charge is -2.23. The fourth-order valence-corrected chi connectivity index (χ4v) is 3.03. The number of hydrogen-bond donors (Lipinski definition) is 0. The van der Waals surface area contributed by atoms with Crippen molar-refractivity contribution in [1.29, 1.82) is 0 Å². The number of hydrogen-bond acceptors (Lipinski definition) is 1. The van der Waals surface area contributed by atoms with E-state index in [1.807, 2.05) is 6.07 Å². The third-order valence-corrected chi connectivity index (χ3v) is 4.29. The summed E-state index contributed by atoms with van der Waals surface area (Å²) in [7, 11) is 0. The third kappa shape index (κ3) is 3.36. The Bertz CT molecular complexity index is 592. The second-order valence-electron chi connectivity index (χ2n) is 5.80. The zero-order chi connectivity index (χ0) is 14.5. The van der Waals surface area contributed by atoms with Gasteiger partial charge in [0.15, 0.2) is 0 Å². The van der Waals surface area contributed by atoms with Crippen LogP contribution in [0.3, 0.4) is 0 Å². The second kappa shape index (κ2) is 6.62. The number of nitrogens with zero attached hydrogens (tertiary/aromatic N) is 1. The molecule has 0 bridgehead atoms. The van der Waals surface area contributed by atoms with Gasteiger partial charge in [0.2, 0.25) is 0 Å². The molecule has 0 aliphatic carbocycles. The van der Waals surface area contributed by atoms with Crippen LogP contribution >= 0.6 is 0 Å².